The van der Waals surface area contributed by atoms with Gasteiger partial charge in [0.1, 0.15) is 0 Å². The van der Waals surface area contributed by atoms with E-state index < -0.39 is 4.92 Å². The summed E-state index contributed by atoms with van der Waals surface area (Å²) in [7, 11) is 0. The number of nitro groups is 1. The molecule has 0 aliphatic carbocycles. The summed E-state index contributed by atoms with van der Waals surface area (Å²) in [5, 5.41) is 21.2. The van der Waals surface area contributed by atoms with E-state index in [0.717, 1.165) is 4.47 Å². The molecule has 0 bridgehead atoms. The van der Waals surface area contributed by atoms with Crippen molar-refractivity contribution in [1.82, 2.24) is 0 Å². The molecule has 2 aromatic carbocycles. The van der Waals surface area contributed by atoms with Crippen LogP contribution in [0.2, 0.25) is 0 Å². The predicted molar refractivity (Wildman–Crippen MR) is 90.0 cm³/mol. The van der Waals surface area contributed by atoms with Crippen LogP contribution in [0.4, 0.5) is 11.4 Å². The van der Waals surface area contributed by atoms with Crippen molar-refractivity contribution < 1.29 is 9.72 Å². The largest absolute Gasteiger partial charge is 0.320 e. The van der Waals surface area contributed by atoms with E-state index in [1.54, 1.807) is 24.3 Å². The van der Waals surface area contributed by atoms with Gasteiger partial charge in [-0.05, 0) is 18.2 Å². The van der Waals surface area contributed by atoms with Gasteiger partial charge < -0.3 is 5.32 Å². The molecule has 0 fully saturated rings. The molecule has 0 aromatic heterocycles. The molecule has 0 atom stereocenters. The lowest BCUT2D eigenvalue weighted by molar-refractivity contribution is -0.384. The van der Waals surface area contributed by atoms with Crippen LogP contribution in [0.3, 0.4) is 0 Å². The highest BCUT2D eigenvalue weighted by atomic mass is 79.9. The maximum absolute atomic E-state index is 11.9. The topological polar surface area (TPSA) is 97.0 Å². The van der Waals surface area contributed by atoms with Gasteiger partial charge in [-0.1, -0.05) is 28.1 Å². The highest BCUT2D eigenvalue weighted by Gasteiger charge is 2.26. The minimum absolute atomic E-state index is 0.0329. The molecule has 1 amide bonds. The Hall–Kier alpha value is -2.87. The summed E-state index contributed by atoms with van der Waals surface area (Å²) in [6.45, 7) is 0. The van der Waals surface area contributed by atoms with Gasteiger partial charge in [0.25, 0.3) is 11.6 Å². The number of benzene rings is 2. The fourth-order valence-corrected chi connectivity index (χ4v) is 2.46. The molecule has 3 rings (SSSR count). The average molecular weight is 373 g/mol. The number of hydrogen-bond donors (Lipinski definition) is 1. The highest BCUT2D eigenvalue weighted by Crippen LogP contribution is 2.26. The molecule has 23 heavy (non-hydrogen) atoms. The van der Waals surface area contributed by atoms with E-state index in [2.05, 4.69) is 31.4 Å². The number of hydrogen-bond acceptors (Lipinski definition) is 5. The van der Waals surface area contributed by atoms with E-state index in [0.29, 0.717) is 16.8 Å². The number of fused-ring (bicyclic) bond motifs is 1. The standard InChI is InChI=1S/C15H9BrN4O3/c16-10-4-5-13-12(7-10)14(15(21)18-13)19-17-8-9-2-1-3-11(6-9)20(22)23/h1-8H,(H,18,19,21). The number of rotatable bonds is 3. The predicted octanol–water partition coefficient (Wildman–Crippen LogP) is 3.13. The molecular formula is C15H9BrN4O3. The molecule has 0 unspecified atom stereocenters. The molecule has 7 nitrogen and oxygen atoms in total. The number of anilines is 1. The van der Waals surface area contributed by atoms with Crippen molar-refractivity contribution in [2.24, 2.45) is 10.2 Å². The SMILES string of the molecule is O=C1Nc2ccc(Br)cc2/C1=N/N=Cc1cccc([N+](=O)[O-])c1. The minimum Gasteiger partial charge on any atom is -0.320 e. The summed E-state index contributed by atoms with van der Waals surface area (Å²) in [4.78, 5) is 22.1. The smallest absolute Gasteiger partial charge is 0.276 e. The second-order valence-corrected chi connectivity index (χ2v) is 5.60. The lowest BCUT2D eigenvalue weighted by atomic mass is 10.1. The Labute approximate surface area is 139 Å². The number of halogens is 1. The zero-order valence-electron chi connectivity index (χ0n) is 11.6. The second-order valence-electron chi connectivity index (χ2n) is 4.69. The van der Waals surface area contributed by atoms with Gasteiger partial charge in [0.2, 0.25) is 0 Å². The van der Waals surface area contributed by atoms with Crippen LogP contribution in [0.15, 0.2) is 57.1 Å². The van der Waals surface area contributed by atoms with E-state index in [9.17, 15) is 14.9 Å². The van der Waals surface area contributed by atoms with E-state index >= 15 is 0 Å². The lowest BCUT2D eigenvalue weighted by Crippen LogP contribution is -2.13. The quantitative estimate of drug-likeness (QED) is 0.509. The Bertz CT molecular complexity index is 877. The first-order valence-corrected chi connectivity index (χ1v) is 7.30. The molecule has 1 heterocycles. The normalized spacial score (nSPS) is 15.0. The minimum atomic E-state index is -0.485. The van der Waals surface area contributed by atoms with Crippen LogP contribution in [0.25, 0.3) is 0 Å². The van der Waals surface area contributed by atoms with Gasteiger partial charge in [-0.15, -0.1) is 5.10 Å². The number of nitrogens with one attached hydrogen (secondary N) is 1. The summed E-state index contributed by atoms with van der Waals surface area (Å²) in [5.74, 6) is -0.339. The van der Waals surface area contributed by atoms with E-state index in [-0.39, 0.29) is 17.3 Å². The molecule has 0 spiro atoms. The zero-order chi connectivity index (χ0) is 16.4. The Morgan fingerprint density at radius 3 is 2.83 bits per heavy atom. The Kier molecular flexibility index (Phi) is 3.98. The number of nitrogens with zero attached hydrogens (tertiary/aromatic N) is 3. The fourth-order valence-electron chi connectivity index (χ4n) is 2.10. The first-order valence-electron chi connectivity index (χ1n) is 6.51. The third kappa shape index (κ3) is 3.16. The molecule has 2 aromatic rings. The van der Waals surface area contributed by atoms with Crippen LogP contribution in [-0.2, 0) is 4.79 Å². The summed E-state index contributed by atoms with van der Waals surface area (Å²) < 4.78 is 0.822. The highest BCUT2D eigenvalue weighted by molar-refractivity contribution is 9.10. The van der Waals surface area contributed by atoms with Crippen LogP contribution < -0.4 is 5.32 Å². The number of non-ortho nitro benzene ring substituents is 1. The second kappa shape index (κ2) is 6.09. The Morgan fingerprint density at radius 1 is 1.22 bits per heavy atom. The molecule has 114 valence electrons. The van der Waals surface area contributed by atoms with Crippen molar-refractivity contribution in [2.75, 3.05) is 5.32 Å². The number of amides is 1. The van der Waals surface area contributed by atoms with Crippen LogP contribution in [0, 0.1) is 10.1 Å². The van der Waals surface area contributed by atoms with Crippen molar-refractivity contribution in [3.05, 3.63) is 68.2 Å². The van der Waals surface area contributed by atoms with Crippen LogP contribution in [-0.4, -0.2) is 22.8 Å². The first-order chi connectivity index (χ1) is 11.0. The molecule has 0 saturated carbocycles. The van der Waals surface area contributed by atoms with Crippen LogP contribution in [0.5, 0.6) is 0 Å². The van der Waals surface area contributed by atoms with E-state index in [1.165, 1.54) is 18.3 Å². The Morgan fingerprint density at radius 2 is 2.04 bits per heavy atom. The molecule has 0 radical (unpaired) electrons. The van der Waals surface area contributed by atoms with Crippen molar-refractivity contribution in [2.45, 2.75) is 0 Å². The lowest BCUT2D eigenvalue weighted by Gasteiger charge is -1.97. The van der Waals surface area contributed by atoms with Crippen LogP contribution in [0.1, 0.15) is 11.1 Å². The van der Waals surface area contributed by atoms with Crippen molar-refractivity contribution in [1.29, 1.82) is 0 Å². The number of carbonyl (C=O) groups is 1. The van der Waals surface area contributed by atoms with Crippen LogP contribution >= 0.6 is 15.9 Å². The molecule has 8 heteroatoms. The van der Waals surface area contributed by atoms with Gasteiger partial charge in [0.05, 0.1) is 16.8 Å². The molecule has 1 aliphatic rings. The van der Waals surface area contributed by atoms with E-state index in [1.807, 2.05) is 6.07 Å². The maximum Gasteiger partial charge on any atom is 0.276 e. The van der Waals surface area contributed by atoms with Crippen molar-refractivity contribution >= 4 is 45.1 Å². The van der Waals surface area contributed by atoms with Gasteiger partial charge in [-0.3, -0.25) is 14.9 Å². The third-order valence-electron chi connectivity index (χ3n) is 3.15. The van der Waals surface area contributed by atoms with E-state index in [4.69, 9.17) is 0 Å². The van der Waals surface area contributed by atoms with Gasteiger partial charge in [-0.25, -0.2) is 0 Å². The summed E-state index contributed by atoms with van der Waals surface area (Å²) in [6.07, 6.45) is 1.36. The van der Waals surface area contributed by atoms with Gasteiger partial charge in [-0.2, -0.15) is 5.10 Å². The monoisotopic (exact) mass is 372 g/mol. The Balaban J connectivity index is 1.89. The average Bonchev–Trinajstić information content (AvgIpc) is 2.83. The van der Waals surface area contributed by atoms with Crippen molar-refractivity contribution in [3.8, 4) is 0 Å². The molecule has 1 aliphatic heterocycles. The van der Waals surface area contributed by atoms with Gasteiger partial charge in [0.15, 0.2) is 5.71 Å². The maximum atomic E-state index is 11.9. The fraction of sp³-hybridized carbons (Fsp3) is 0. The molecule has 1 N–H and O–H groups in total. The molecular weight excluding hydrogens is 364 g/mol. The van der Waals surface area contributed by atoms with Gasteiger partial charge in [0, 0.05) is 27.7 Å². The van der Waals surface area contributed by atoms with Crippen molar-refractivity contribution in [3.63, 3.8) is 0 Å². The molecule has 0 saturated heterocycles. The number of carbonyl (C=O) groups excluding carboxylic acids is 1. The summed E-state index contributed by atoms with van der Waals surface area (Å²) in [5.41, 5.74) is 2.01. The summed E-state index contributed by atoms with van der Waals surface area (Å²) in [6, 6.07) is 11.3. The number of nitro benzene ring substituents is 1. The first kappa shape index (κ1) is 15.0. The third-order valence-corrected chi connectivity index (χ3v) is 3.64. The zero-order valence-corrected chi connectivity index (χ0v) is 13.1. The van der Waals surface area contributed by atoms with Gasteiger partial charge >= 0.3 is 0 Å². The summed E-state index contributed by atoms with van der Waals surface area (Å²) >= 11 is 3.34.